The van der Waals surface area contributed by atoms with E-state index in [1.54, 1.807) is 0 Å². The highest BCUT2D eigenvalue weighted by atomic mass is 16.5. The van der Waals surface area contributed by atoms with Gasteiger partial charge in [0.1, 0.15) is 0 Å². The number of carbonyl (C=O) groups excluding carboxylic acids is 1. The van der Waals surface area contributed by atoms with Gasteiger partial charge in [-0.2, -0.15) is 0 Å². The van der Waals surface area contributed by atoms with Crippen molar-refractivity contribution in [3.8, 4) is 11.1 Å². The monoisotopic (exact) mass is 380 g/mol. The van der Waals surface area contributed by atoms with Crippen LogP contribution in [0.4, 0.5) is 0 Å². The Morgan fingerprint density at radius 1 is 1.14 bits per heavy atom. The molecule has 0 saturated carbocycles. The largest absolute Gasteiger partial charge is 0.462 e. The van der Waals surface area contributed by atoms with Gasteiger partial charge in [-0.1, -0.05) is 70.2 Å². The van der Waals surface area contributed by atoms with Crippen LogP contribution in [0.1, 0.15) is 61.8 Å². The summed E-state index contributed by atoms with van der Waals surface area (Å²) in [4.78, 5) is 11.3. The van der Waals surface area contributed by atoms with E-state index in [4.69, 9.17) is 4.74 Å². The topological polar surface area (TPSA) is 46.5 Å². The van der Waals surface area contributed by atoms with Crippen LogP contribution in [-0.4, -0.2) is 17.7 Å². The zero-order chi connectivity index (χ0) is 20.5. The first kappa shape index (κ1) is 21.9. The maximum atomic E-state index is 11.3. The summed E-state index contributed by atoms with van der Waals surface area (Å²) in [5.74, 6) is 0.142. The number of aliphatic hydroxyl groups is 1. The van der Waals surface area contributed by atoms with Crippen molar-refractivity contribution in [2.24, 2.45) is 0 Å². The van der Waals surface area contributed by atoms with Gasteiger partial charge in [0.25, 0.3) is 0 Å². The van der Waals surface area contributed by atoms with E-state index in [-0.39, 0.29) is 13.2 Å². The Morgan fingerprint density at radius 2 is 1.93 bits per heavy atom. The Morgan fingerprint density at radius 3 is 2.57 bits per heavy atom. The minimum absolute atomic E-state index is 0.0286. The molecule has 0 spiro atoms. The minimum atomic E-state index is -0.424. The number of ether oxygens (including phenoxy) is 1. The van der Waals surface area contributed by atoms with Crippen LogP contribution in [0.2, 0.25) is 0 Å². The van der Waals surface area contributed by atoms with Crippen molar-refractivity contribution in [3.63, 3.8) is 0 Å². The van der Waals surface area contributed by atoms with Crippen LogP contribution in [-0.2, 0) is 29.0 Å². The third kappa shape index (κ3) is 5.56. The van der Waals surface area contributed by atoms with E-state index in [2.05, 4.69) is 57.7 Å². The molecule has 0 radical (unpaired) electrons. The number of hydrogen-bond acceptors (Lipinski definition) is 3. The van der Waals surface area contributed by atoms with Gasteiger partial charge in [-0.25, -0.2) is 4.79 Å². The second-order valence-electron chi connectivity index (χ2n) is 7.22. The maximum absolute atomic E-state index is 11.3. The molecule has 2 rings (SSSR count). The first-order valence-electron chi connectivity index (χ1n) is 10.2. The molecule has 0 fully saturated rings. The highest BCUT2D eigenvalue weighted by Gasteiger charge is 2.12. The fourth-order valence-electron chi connectivity index (χ4n) is 3.59. The van der Waals surface area contributed by atoms with Crippen LogP contribution in [0.5, 0.6) is 0 Å². The standard InChI is InChI=1S/C25H32O3/c1-5-8-18(4)20-11-12-24(19(6-2)15-20)22-9-10-23(17-26)21(16-22)13-14-28-25(27)7-3/h7,9-12,15-16,18,26H,3,5-6,8,13-14,17H2,1-2,4H3. The normalized spacial score (nSPS) is 11.9. The van der Waals surface area contributed by atoms with Gasteiger partial charge in [0.2, 0.25) is 0 Å². The van der Waals surface area contributed by atoms with Crippen molar-refractivity contribution in [2.45, 2.75) is 59.0 Å². The van der Waals surface area contributed by atoms with Gasteiger partial charge in [-0.15, -0.1) is 0 Å². The van der Waals surface area contributed by atoms with E-state index >= 15 is 0 Å². The lowest BCUT2D eigenvalue weighted by molar-refractivity contribution is -0.137. The van der Waals surface area contributed by atoms with Gasteiger partial charge in [-0.05, 0) is 52.1 Å². The predicted octanol–water partition coefficient (Wildman–Crippen LogP) is 5.58. The smallest absolute Gasteiger partial charge is 0.330 e. The second kappa shape index (κ2) is 10.8. The van der Waals surface area contributed by atoms with Gasteiger partial charge in [-0.3, -0.25) is 0 Å². The summed E-state index contributed by atoms with van der Waals surface area (Å²) >= 11 is 0. The number of carbonyl (C=O) groups is 1. The van der Waals surface area contributed by atoms with Gasteiger partial charge in [0, 0.05) is 12.5 Å². The molecule has 0 heterocycles. The average molecular weight is 381 g/mol. The number of aryl methyl sites for hydroxylation is 1. The molecule has 1 N–H and O–H groups in total. The van der Waals surface area contributed by atoms with Crippen molar-refractivity contribution in [1.82, 2.24) is 0 Å². The van der Waals surface area contributed by atoms with Crippen LogP contribution >= 0.6 is 0 Å². The molecule has 1 unspecified atom stereocenters. The van der Waals surface area contributed by atoms with Gasteiger partial charge < -0.3 is 9.84 Å². The van der Waals surface area contributed by atoms with E-state index in [0.717, 1.165) is 29.2 Å². The molecule has 1 atom stereocenters. The van der Waals surface area contributed by atoms with Crippen LogP contribution < -0.4 is 0 Å². The maximum Gasteiger partial charge on any atom is 0.330 e. The third-order valence-electron chi connectivity index (χ3n) is 5.27. The van der Waals surface area contributed by atoms with E-state index in [1.807, 2.05) is 6.07 Å². The van der Waals surface area contributed by atoms with E-state index < -0.39 is 5.97 Å². The molecule has 0 saturated heterocycles. The number of aliphatic hydroxyl groups excluding tert-OH is 1. The lowest BCUT2D eigenvalue weighted by Crippen LogP contribution is -2.06. The molecule has 2 aromatic carbocycles. The molecular weight excluding hydrogens is 348 g/mol. The van der Waals surface area contributed by atoms with Crippen LogP contribution in [0.3, 0.4) is 0 Å². The Kier molecular flexibility index (Phi) is 8.46. The summed E-state index contributed by atoms with van der Waals surface area (Å²) in [7, 11) is 0. The molecule has 0 bridgehead atoms. The molecule has 3 nitrogen and oxygen atoms in total. The Hall–Kier alpha value is -2.39. The molecule has 150 valence electrons. The SMILES string of the molecule is C=CC(=O)OCCc1cc(-c2ccc(C(C)CCC)cc2CC)ccc1CO. The minimum Gasteiger partial charge on any atom is -0.462 e. The summed E-state index contributed by atoms with van der Waals surface area (Å²) in [6, 6.07) is 12.9. The van der Waals surface area contributed by atoms with Crippen molar-refractivity contribution >= 4 is 5.97 Å². The summed E-state index contributed by atoms with van der Waals surface area (Å²) < 4.78 is 5.11. The number of hydrogen-bond donors (Lipinski definition) is 1. The van der Waals surface area contributed by atoms with Crippen molar-refractivity contribution in [3.05, 3.63) is 71.3 Å². The fraction of sp³-hybridized carbons (Fsp3) is 0.400. The predicted molar refractivity (Wildman–Crippen MR) is 115 cm³/mol. The first-order chi connectivity index (χ1) is 13.5. The molecule has 0 amide bonds. The second-order valence-corrected chi connectivity index (χ2v) is 7.22. The van der Waals surface area contributed by atoms with E-state index in [1.165, 1.54) is 29.5 Å². The lowest BCUT2D eigenvalue weighted by atomic mass is 9.89. The van der Waals surface area contributed by atoms with Gasteiger partial charge in [0.05, 0.1) is 13.2 Å². The number of rotatable bonds is 10. The molecule has 2 aromatic rings. The third-order valence-corrected chi connectivity index (χ3v) is 5.27. The Bertz CT molecular complexity index is 807. The molecule has 3 heteroatoms. The lowest BCUT2D eigenvalue weighted by Gasteiger charge is -2.17. The first-order valence-corrected chi connectivity index (χ1v) is 10.2. The molecular formula is C25H32O3. The van der Waals surface area contributed by atoms with Crippen molar-refractivity contribution < 1.29 is 14.6 Å². The highest BCUT2D eigenvalue weighted by molar-refractivity contribution is 5.81. The summed E-state index contributed by atoms with van der Waals surface area (Å²) in [5, 5.41) is 9.66. The van der Waals surface area contributed by atoms with Crippen molar-refractivity contribution in [2.75, 3.05) is 6.61 Å². The average Bonchev–Trinajstić information content (AvgIpc) is 2.73. The molecule has 0 aliphatic carbocycles. The van der Waals surface area contributed by atoms with Crippen LogP contribution in [0.15, 0.2) is 49.1 Å². The Balaban J connectivity index is 2.32. The molecule has 0 aliphatic rings. The fourth-order valence-corrected chi connectivity index (χ4v) is 3.59. The summed E-state index contributed by atoms with van der Waals surface area (Å²) in [6.07, 6.45) is 5.08. The molecule has 28 heavy (non-hydrogen) atoms. The Labute approximate surface area is 169 Å². The number of esters is 1. The summed E-state index contributed by atoms with van der Waals surface area (Å²) in [5.41, 5.74) is 6.96. The molecule has 0 aromatic heterocycles. The van der Waals surface area contributed by atoms with Gasteiger partial charge in [0.15, 0.2) is 0 Å². The highest BCUT2D eigenvalue weighted by Crippen LogP contribution is 2.31. The van der Waals surface area contributed by atoms with Crippen LogP contribution in [0.25, 0.3) is 11.1 Å². The van der Waals surface area contributed by atoms with Gasteiger partial charge >= 0.3 is 5.97 Å². The van der Waals surface area contributed by atoms with E-state index in [9.17, 15) is 9.90 Å². The quantitative estimate of drug-likeness (QED) is 0.432. The summed E-state index contributed by atoms with van der Waals surface area (Å²) in [6.45, 7) is 10.4. The van der Waals surface area contributed by atoms with Crippen LogP contribution in [0, 0.1) is 0 Å². The molecule has 0 aliphatic heterocycles. The van der Waals surface area contributed by atoms with E-state index in [0.29, 0.717) is 12.3 Å². The van der Waals surface area contributed by atoms with Crippen molar-refractivity contribution in [1.29, 1.82) is 0 Å². The zero-order valence-corrected chi connectivity index (χ0v) is 17.3. The number of benzene rings is 2. The zero-order valence-electron chi connectivity index (χ0n) is 17.3.